The van der Waals surface area contributed by atoms with Gasteiger partial charge in [0.1, 0.15) is 0 Å². The summed E-state index contributed by atoms with van der Waals surface area (Å²) in [5, 5.41) is 0. The van der Waals surface area contributed by atoms with Crippen LogP contribution in [0.3, 0.4) is 0 Å². The van der Waals surface area contributed by atoms with Gasteiger partial charge in [-0.3, -0.25) is 14.5 Å². The lowest BCUT2D eigenvalue weighted by molar-refractivity contribution is -0.144. The Kier molecular flexibility index (Phi) is 3.86. The van der Waals surface area contributed by atoms with Gasteiger partial charge in [-0.1, -0.05) is 19.1 Å². The van der Waals surface area contributed by atoms with Crippen molar-refractivity contribution in [1.29, 1.82) is 0 Å². The van der Waals surface area contributed by atoms with Crippen LogP contribution in [0.5, 0.6) is 0 Å². The van der Waals surface area contributed by atoms with Crippen molar-refractivity contribution < 1.29 is 9.59 Å². The van der Waals surface area contributed by atoms with Gasteiger partial charge in [-0.2, -0.15) is 0 Å². The second-order valence-electron chi connectivity index (χ2n) is 3.61. The summed E-state index contributed by atoms with van der Waals surface area (Å²) < 4.78 is 0. The molecule has 1 rings (SSSR count). The molecule has 0 spiro atoms. The molecule has 0 aromatic heterocycles. The lowest BCUT2D eigenvalue weighted by atomic mass is 9.95. The van der Waals surface area contributed by atoms with Crippen molar-refractivity contribution in [3.63, 3.8) is 0 Å². The standard InChI is InChI=1S/C11H17NO2/c1-3-10(13)12(2)11(14)9-7-5-4-6-8-9/h5,7,9H,3-4,6,8H2,1-2H3. The molecule has 0 fully saturated rings. The molecule has 0 saturated heterocycles. The first kappa shape index (κ1) is 11.0. The van der Waals surface area contributed by atoms with Crippen molar-refractivity contribution >= 4 is 11.8 Å². The highest BCUT2D eigenvalue weighted by Gasteiger charge is 2.23. The summed E-state index contributed by atoms with van der Waals surface area (Å²) in [4.78, 5) is 24.3. The zero-order chi connectivity index (χ0) is 10.6. The first-order chi connectivity index (χ1) is 6.66. The predicted molar refractivity (Wildman–Crippen MR) is 54.5 cm³/mol. The Morgan fingerprint density at radius 2 is 2.21 bits per heavy atom. The van der Waals surface area contributed by atoms with E-state index in [0.717, 1.165) is 19.3 Å². The summed E-state index contributed by atoms with van der Waals surface area (Å²) in [7, 11) is 1.57. The molecule has 0 aliphatic heterocycles. The Labute approximate surface area is 84.8 Å². The quantitative estimate of drug-likeness (QED) is 0.629. The summed E-state index contributed by atoms with van der Waals surface area (Å²) in [6, 6.07) is 0. The third-order valence-corrected chi connectivity index (χ3v) is 2.58. The average Bonchev–Trinajstić information content (AvgIpc) is 2.27. The van der Waals surface area contributed by atoms with Crippen molar-refractivity contribution in [2.75, 3.05) is 7.05 Å². The number of hydrogen-bond donors (Lipinski definition) is 0. The molecule has 3 nitrogen and oxygen atoms in total. The highest BCUT2D eigenvalue weighted by Crippen LogP contribution is 2.19. The van der Waals surface area contributed by atoms with E-state index in [1.807, 2.05) is 12.2 Å². The molecule has 1 aliphatic rings. The third-order valence-electron chi connectivity index (χ3n) is 2.58. The van der Waals surface area contributed by atoms with Gasteiger partial charge in [0.2, 0.25) is 11.8 Å². The maximum absolute atomic E-state index is 11.8. The van der Waals surface area contributed by atoms with Crippen molar-refractivity contribution in [2.24, 2.45) is 5.92 Å². The minimum Gasteiger partial charge on any atom is -0.285 e. The normalized spacial score (nSPS) is 20.6. The Morgan fingerprint density at radius 3 is 2.71 bits per heavy atom. The third kappa shape index (κ3) is 2.44. The molecule has 0 heterocycles. The summed E-state index contributed by atoms with van der Waals surface area (Å²) in [5.74, 6) is -0.244. The highest BCUT2D eigenvalue weighted by atomic mass is 16.2. The van der Waals surface area contributed by atoms with Gasteiger partial charge in [0.25, 0.3) is 0 Å². The van der Waals surface area contributed by atoms with Crippen LogP contribution >= 0.6 is 0 Å². The largest absolute Gasteiger partial charge is 0.285 e. The maximum atomic E-state index is 11.8. The number of hydrogen-bond acceptors (Lipinski definition) is 2. The number of nitrogens with zero attached hydrogens (tertiary/aromatic N) is 1. The average molecular weight is 195 g/mol. The van der Waals surface area contributed by atoms with Gasteiger partial charge < -0.3 is 0 Å². The van der Waals surface area contributed by atoms with E-state index >= 15 is 0 Å². The van der Waals surface area contributed by atoms with E-state index in [2.05, 4.69) is 0 Å². The van der Waals surface area contributed by atoms with E-state index in [9.17, 15) is 9.59 Å². The molecule has 3 heteroatoms. The van der Waals surface area contributed by atoms with E-state index in [0.29, 0.717) is 6.42 Å². The van der Waals surface area contributed by atoms with Crippen LogP contribution in [0.2, 0.25) is 0 Å². The topological polar surface area (TPSA) is 37.4 Å². The zero-order valence-electron chi connectivity index (χ0n) is 8.82. The Bertz CT molecular complexity index is 258. The van der Waals surface area contributed by atoms with Gasteiger partial charge in [-0.25, -0.2) is 0 Å². The second kappa shape index (κ2) is 4.94. The molecular formula is C11H17NO2. The summed E-state index contributed by atoms with van der Waals surface area (Å²) in [6.45, 7) is 1.77. The number of imide groups is 1. The van der Waals surface area contributed by atoms with Gasteiger partial charge in [-0.05, 0) is 19.3 Å². The smallest absolute Gasteiger partial charge is 0.235 e. The van der Waals surface area contributed by atoms with E-state index in [1.165, 1.54) is 4.90 Å². The molecule has 0 saturated carbocycles. The Morgan fingerprint density at radius 1 is 1.50 bits per heavy atom. The lowest BCUT2D eigenvalue weighted by Gasteiger charge is -2.21. The fourth-order valence-corrected chi connectivity index (χ4v) is 1.63. The fourth-order valence-electron chi connectivity index (χ4n) is 1.63. The number of rotatable bonds is 2. The molecule has 0 aromatic rings. The molecule has 0 N–H and O–H groups in total. The van der Waals surface area contributed by atoms with Gasteiger partial charge >= 0.3 is 0 Å². The fraction of sp³-hybridized carbons (Fsp3) is 0.636. The Hall–Kier alpha value is -1.12. The first-order valence-corrected chi connectivity index (χ1v) is 5.14. The van der Waals surface area contributed by atoms with E-state index in [1.54, 1.807) is 14.0 Å². The molecule has 0 bridgehead atoms. The van der Waals surface area contributed by atoms with Crippen LogP contribution in [0.1, 0.15) is 32.6 Å². The molecule has 2 amide bonds. The van der Waals surface area contributed by atoms with E-state index < -0.39 is 0 Å². The number of allylic oxidation sites excluding steroid dienone is 1. The Balaban J connectivity index is 2.59. The maximum Gasteiger partial charge on any atom is 0.235 e. The van der Waals surface area contributed by atoms with Gasteiger partial charge in [0.05, 0.1) is 5.92 Å². The summed E-state index contributed by atoms with van der Waals surface area (Å²) >= 11 is 0. The van der Waals surface area contributed by atoms with Crippen LogP contribution in [-0.4, -0.2) is 23.8 Å². The van der Waals surface area contributed by atoms with Crippen LogP contribution in [-0.2, 0) is 9.59 Å². The summed E-state index contributed by atoms with van der Waals surface area (Å²) in [6.07, 6.45) is 7.30. The van der Waals surface area contributed by atoms with Crippen molar-refractivity contribution in [1.82, 2.24) is 4.90 Å². The van der Waals surface area contributed by atoms with Crippen LogP contribution in [0, 0.1) is 5.92 Å². The predicted octanol–water partition coefficient (Wildman–Crippen LogP) is 1.74. The second-order valence-corrected chi connectivity index (χ2v) is 3.61. The van der Waals surface area contributed by atoms with Gasteiger partial charge in [0.15, 0.2) is 0 Å². The SMILES string of the molecule is CCC(=O)N(C)C(=O)C1C=CCCC1. The summed E-state index contributed by atoms with van der Waals surface area (Å²) in [5.41, 5.74) is 0. The zero-order valence-corrected chi connectivity index (χ0v) is 8.82. The molecule has 78 valence electrons. The van der Waals surface area contributed by atoms with Crippen LogP contribution in [0.4, 0.5) is 0 Å². The number of carbonyl (C=O) groups is 2. The first-order valence-electron chi connectivity index (χ1n) is 5.14. The highest BCUT2D eigenvalue weighted by molar-refractivity contribution is 5.96. The van der Waals surface area contributed by atoms with Gasteiger partial charge in [-0.15, -0.1) is 0 Å². The van der Waals surface area contributed by atoms with Crippen molar-refractivity contribution in [2.45, 2.75) is 32.6 Å². The number of carbonyl (C=O) groups excluding carboxylic acids is 2. The lowest BCUT2D eigenvalue weighted by Crippen LogP contribution is -2.37. The van der Waals surface area contributed by atoms with Gasteiger partial charge in [0, 0.05) is 13.5 Å². The van der Waals surface area contributed by atoms with Crippen LogP contribution in [0.25, 0.3) is 0 Å². The van der Waals surface area contributed by atoms with E-state index in [-0.39, 0.29) is 17.7 Å². The molecule has 1 aliphatic carbocycles. The van der Waals surface area contributed by atoms with Crippen molar-refractivity contribution in [3.05, 3.63) is 12.2 Å². The monoisotopic (exact) mass is 195 g/mol. The minimum atomic E-state index is -0.103. The number of amides is 2. The molecule has 1 unspecified atom stereocenters. The molecular weight excluding hydrogens is 178 g/mol. The van der Waals surface area contributed by atoms with Crippen LogP contribution in [0.15, 0.2) is 12.2 Å². The van der Waals surface area contributed by atoms with E-state index in [4.69, 9.17) is 0 Å². The van der Waals surface area contributed by atoms with Crippen molar-refractivity contribution in [3.8, 4) is 0 Å². The minimum absolute atomic E-state index is 0.0622. The molecule has 14 heavy (non-hydrogen) atoms. The molecule has 1 atom stereocenters. The van der Waals surface area contributed by atoms with Crippen LogP contribution < -0.4 is 0 Å². The molecule has 0 radical (unpaired) electrons. The molecule has 0 aromatic carbocycles.